The summed E-state index contributed by atoms with van der Waals surface area (Å²) in [6.07, 6.45) is 1.11. The Morgan fingerprint density at radius 1 is 1.23 bits per heavy atom. The molecule has 2 aliphatic rings. The first-order chi connectivity index (χ1) is 15.0. The monoisotopic (exact) mass is 479 g/mol. The van der Waals surface area contributed by atoms with E-state index in [9.17, 15) is 9.18 Å². The Morgan fingerprint density at radius 3 is 2.81 bits per heavy atom. The maximum atomic E-state index is 14.4. The molecule has 0 N–H and O–H groups in total. The lowest BCUT2D eigenvalue weighted by Gasteiger charge is -2.40. The molecule has 2 unspecified atom stereocenters. The van der Waals surface area contributed by atoms with Gasteiger partial charge in [-0.2, -0.15) is 4.98 Å². The Bertz CT molecular complexity index is 1140. The quantitative estimate of drug-likeness (QED) is 0.407. The van der Waals surface area contributed by atoms with Crippen LogP contribution < -0.4 is 4.90 Å². The summed E-state index contributed by atoms with van der Waals surface area (Å²) in [6.45, 7) is 1.23. The van der Waals surface area contributed by atoms with Gasteiger partial charge in [-0.25, -0.2) is 19.2 Å². The summed E-state index contributed by atoms with van der Waals surface area (Å²) in [5.74, 6) is 0.523. The topological polar surface area (TPSA) is 71.5 Å². The fourth-order valence-electron chi connectivity index (χ4n) is 3.88. The van der Waals surface area contributed by atoms with Crippen molar-refractivity contribution in [3.8, 4) is 0 Å². The molecule has 2 bridgehead atoms. The van der Waals surface area contributed by atoms with Gasteiger partial charge in [-0.1, -0.05) is 41.9 Å². The first-order valence-corrected chi connectivity index (χ1v) is 11.3. The third-order valence-corrected chi connectivity index (χ3v) is 7.07. The Labute approximate surface area is 191 Å². The van der Waals surface area contributed by atoms with E-state index in [0.29, 0.717) is 24.3 Å². The Balaban J connectivity index is 1.37. The molecular formula is C20H16Cl2FN5O2S. The van der Waals surface area contributed by atoms with Gasteiger partial charge in [0.15, 0.2) is 11.0 Å². The summed E-state index contributed by atoms with van der Waals surface area (Å²) >= 11 is 13.5. The van der Waals surface area contributed by atoms with E-state index in [0.717, 1.165) is 11.3 Å². The molecule has 1 amide bonds. The fraction of sp³-hybridized carbons (Fsp3) is 0.300. The molecule has 2 aromatic heterocycles. The van der Waals surface area contributed by atoms with E-state index < -0.39 is 5.82 Å². The van der Waals surface area contributed by atoms with Crippen LogP contribution in [0, 0.1) is 5.82 Å². The number of rotatable bonds is 3. The zero-order valence-electron chi connectivity index (χ0n) is 16.0. The molecule has 2 fully saturated rings. The summed E-state index contributed by atoms with van der Waals surface area (Å²) in [5, 5.41) is -0.0325. The lowest BCUT2D eigenvalue weighted by Crippen LogP contribution is -2.56. The van der Waals surface area contributed by atoms with Crippen molar-refractivity contribution >= 4 is 57.8 Å². The molecular weight excluding hydrogens is 464 g/mol. The van der Waals surface area contributed by atoms with Gasteiger partial charge in [0.2, 0.25) is 5.28 Å². The zero-order chi connectivity index (χ0) is 21.5. The molecule has 2 aliphatic heterocycles. The van der Waals surface area contributed by atoms with Crippen molar-refractivity contribution in [3.05, 3.63) is 58.3 Å². The maximum Gasteiger partial charge on any atom is 0.411 e. The van der Waals surface area contributed by atoms with Crippen LogP contribution in [-0.4, -0.2) is 56.2 Å². The first kappa shape index (κ1) is 20.5. The van der Waals surface area contributed by atoms with Crippen molar-refractivity contribution < 1.29 is 13.9 Å². The number of amides is 1. The van der Waals surface area contributed by atoms with Gasteiger partial charge < -0.3 is 9.64 Å². The lowest BCUT2D eigenvalue weighted by molar-refractivity contribution is 0.0791. The standard InChI is InChI=1S/C20H16Cl2FN5O2S/c21-17-15(23)16-13(6-24-17)18(26-19(22)25-16)27-7-12-10-31-14(8-27)28(12)20(29)30-9-11-4-2-1-3-5-11/h1-6,12,14H,7-10H2. The highest BCUT2D eigenvalue weighted by Crippen LogP contribution is 2.38. The second kappa shape index (κ2) is 8.29. The molecule has 0 saturated carbocycles. The summed E-state index contributed by atoms with van der Waals surface area (Å²) in [6, 6.07) is 9.49. The second-order valence-corrected chi connectivity index (χ2v) is 9.14. The van der Waals surface area contributed by atoms with E-state index in [-0.39, 0.29) is 40.1 Å². The van der Waals surface area contributed by atoms with Gasteiger partial charge in [0.1, 0.15) is 17.9 Å². The minimum absolute atomic E-state index is 0.0275. The normalized spacial score (nSPS) is 20.4. The summed E-state index contributed by atoms with van der Waals surface area (Å²) in [7, 11) is 0. The number of pyridine rings is 1. The number of halogens is 3. The number of ether oxygens (including phenoxy) is 1. The van der Waals surface area contributed by atoms with Crippen molar-refractivity contribution in [1.29, 1.82) is 0 Å². The van der Waals surface area contributed by atoms with E-state index in [4.69, 9.17) is 27.9 Å². The van der Waals surface area contributed by atoms with Crippen molar-refractivity contribution in [1.82, 2.24) is 19.9 Å². The number of nitrogens with zero attached hydrogens (tertiary/aromatic N) is 5. The van der Waals surface area contributed by atoms with Gasteiger partial charge >= 0.3 is 6.09 Å². The Morgan fingerprint density at radius 2 is 2.03 bits per heavy atom. The number of carbonyl (C=O) groups excluding carboxylic acids is 1. The molecule has 5 rings (SSSR count). The summed E-state index contributed by atoms with van der Waals surface area (Å²) in [5.41, 5.74) is 0.962. The zero-order valence-corrected chi connectivity index (χ0v) is 18.4. The average Bonchev–Trinajstić information content (AvgIpc) is 3.04. The number of hydrogen-bond acceptors (Lipinski definition) is 7. The highest BCUT2D eigenvalue weighted by Gasteiger charge is 2.45. The highest BCUT2D eigenvalue weighted by atomic mass is 35.5. The lowest BCUT2D eigenvalue weighted by atomic mass is 10.2. The molecule has 0 aliphatic carbocycles. The highest BCUT2D eigenvalue weighted by molar-refractivity contribution is 8.00. The largest absolute Gasteiger partial charge is 0.445 e. The molecule has 160 valence electrons. The number of anilines is 1. The van der Waals surface area contributed by atoms with Crippen LogP contribution in [0.4, 0.5) is 15.0 Å². The third-order valence-electron chi connectivity index (χ3n) is 5.30. The molecule has 4 heterocycles. The van der Waals surface area contributed by atoms with E-state index in [1.807, 2.05) is 35.2 Å². The third kappa shape index (κ3) is 3.86. The smallest absolute Gasteiger partial charge is 0.411 e. The molecule has 2 atom stereocenters. The van der Waals surface area contributed by atoms with E-state index in [1.54, 1.807) is 16.7 Å². The number of carbonyl (C=O) groups is 1. The average molecular weight is 480 g/mol. The SMILES string of the molecule is O=C(OCc1ccccc1)N1C2CSC1CN(c1nc(Cl)nc3c(F)c(Cl)ncc13)C2. The summed E-state index contributed by atoms with van der Waals surface area (Å²) < 4.78 is 20.0. The van der Waals surface area contributed by atoms with Gasteiger partial charge in [-0.3, -0.25) is 4.90 Å². The number of benzene rings is 1. The van der Waals surface area contributed by atoms with Gasteiger partial charge in [-0.15, -0.1) is 11.8 Å². The molecule has 31 heavy (non-hydrogen) atoms. The number of thioether (sulfide) groups is 1. The molecule has 0 radical (unpaired) electrons. The maximum absolute atomic E-state index is 14.4. The van der Waals surface area contributed by atoms with Gasteiger partial charge in [0.25, 0.3) is 0 Å². The van der Waals surface area contributed by atoms with Crippen LogP contribution in [0.25, 0.3) is 10.9 Å². The first-order valence-electron chi connectivity index (χ1n) is 9.54. The molecule has 11 heteroatoms. The van der Waals surface area contributed by atoms with Crippen LogP contribution in [-0.2, 0) is 11.3 Å². The van der Waals surface area contributed by atoms with Crippen LogP contribution in [0.2, 0.25) is 10.4 Å². The van der Waals surface area contributed by atoms with Crippen LogP contribution >= 0.6 is 35.0 Å². The predicted octanol–water partition coefficient (Wildman–Crippen LogP) is 4.37. The number of fused-ring (bicyclic) bond motifs is 3. The van der Waals surface area contributed by atoms with Crippen molar-refractivity contribution in [2.24, 2.45) is 0 Å². The Hall–Kier alpha value is -2.36. The van der Waals surface area contributed by atoms with E-state index >= 15 is 0 Å². The van der Waals surface area contributed by atoms with Gasteiger partial charge in [-0.05, 0) is 17.2 Å². The van der Waals surface area contributed by atoms with Crippen LogP contribution in [0.5, 0.6) is 0 Å². The molecule has 3 aromatic rings. The second-order valence-electron chi connectivity index (χ2n) is 7.24. The van der Waals surface area contributed by atoms with Gasteiger partial charge in [0.05, 0.1) is 16.8 Å². The Kier molecular flexibility index (Phi) is 5.49. The number of aromatic nitrogens is 3. The molecule has 0 spiro atoms. The van der Waals surface area contributed by atoms with Crippen molar-refractivity contribution in [3.63, 3.8) is 0 Å². The van der Waals surface area contributed by atoms with Crippen molar-refractivity contribution in [2.75, 3.05) is 23.7 Å². The van der Waals surface area contributed by atoms with Crippen molar-refractivity contribution in [2.45, 2.75) is 18.0 Å². The molecule has 2 saturated heterocycles. The van der Waals surface area contributed by atoms with Crippen LogP contribution in [0.15, 0.2) is 36.5 Å². The van der Waals surface area contributed by atoms with Crippen LogP contribution in [0.3, 0.4) is 0 Å². The van der Waals surface area contributed by atoms with Crippen LogP contribution in [0.1, 0.15) is 5.56 Å². The van der Waals surface area contributed by atoms with E-state index in [1.165, 1.54) is 6.20 Å². The minimum atomic E-state index is -0.731. The number of piperazine rings is 1. The fourth-order valence-corrected chi connectivity index (χ4v) is 5.60. The van der Waals surface area contributed by atoms with Gasteiger partial charge in [0, 0.05) is 25.0 Å². The molecule has 1 aromatic carbocycles. The van der Waals surface area contributed by atoms with E-state index in [2.05, 4.69) is 15.0 Å². The predicted molar refractivity (Wildman–Crippen MR) is 118 cm³/mol. The number of hydrogen-bond donors (Lipinski definition) is 0. The molecule has 7 nitrogen and oxygen atoms in total. The summed E-state index contributed by atoms with van der Waals surface area (Å²) in [4.78, 5) is 28.7. The minimum Gasteiger partial charge on any atom is -0.445 e.